The average molecular weight is 214 g/mol. The molecule has 0 fully saturated rings. The van der Waals surface area contributed by atoms with Crippen molar-refractivity contribution in [2.75, 3.05) is 5.73 Å². The lowest BCUT2D eigenvalue weighted by atomic mass is 10.2. The SMILES string of the molecule is Nc1cc(F)c(C(F)(F)F)cc1Cl. The van der Waals surface area contributed by atoms with E-state index in [4.69, 9.17) is 17.3 Å². The first-order chi connectivity index (χ1) is 5.82. The molecule has 0 aliphatic heterocycles. The number of anilines is 1. The summed E-state index contributed by atoms with van der Waals surface area (Å²) in [6.07, 6.45) is -4.75. The van der Waals surface area contributed by atoms with Crippen molar-refractivity contribution in [1.82, 2.24) is 0 Å². The molecule has 0 bridgehead atoms. The largest absolute Gasteiger partial charge is 0.419 e. The van der Waals surface area contributed by atoms with E-state index in [2.05, 4.69) is 0 Å². The number of benzene rings is 1. The molecule has 2 N–H and O–H groups in total. The van der Waals surface area contributed by atoms with Crippen LogP contribution in [0.4, 0.5) is 23.2 Å². The molecule has 1 aromatic rings. The Morgan fingerprint density at radius 3 is 2.23 bits per heavy atom. The van der Waals surface area contributed by atoms with Crippen molar-refractivity contribution in [3.05, 3.63) is 28.5 Å². The second-order valence-electron chi connectivity index (χ2n) is 2.35. The maximum Gasteiger partial charge on any atom is 0.419 e. The normalized spacial score (nSPS) is 11.8. The van der Waals surface area contributed by atoms with E-state index in [1.165, 1.54) is 0 Å². The van der Waals surface area contributed by atoms with Gasteiger partial charge in [0.15, 0.2) is 0 Å². The number of nitrogens with two attached hydrogens (primary N) is 1. The molecule has 0 saturated heterocycles. The van der Waals surface area contributed by atoms with Gasteiger partial charge in [-0.1, -0.05) is 11.6 Å². The van der Waals surface area contributed by atoms with E-state index < -0.39 is 17.6 Å². The number of alkyl halides is 3. The Morgan fingerprint density at radius 2 is 1.77 bits per heavy atom. The smallest absolute Gasteiger partial charge is 0.397 e. The molecule has 0 aromatic heterocycles. The third kappa shape index (κ3) is 2.03. The van der Waals surface area contributed by atoms with Gasteiger partial charge >= 0.3 is 6.18 Å². The van der Waals surface area contributed by atoms with Crippen molar-refractivity contribution in [3.8, 4) is 0 Å². The summed E-state index contributed by atoms with van der Waals surface area (Å²) in [5, 5.41) is -0.311. The summed E-state index contributed by atoms with van der Waals surface area (Å²) in [5.41, 5.74) is 3.47. The van der Waals surface area contributed by atoms with Gasteiger partial charge in [-0.05, 0) is 12.1 Å². The van der Waals surface area contributed by atoms with Crippen LogP contribution in [0.3, 0.4) is 0 Å². The van der Waals surface area contributed by atoms with Gasteiger partial charge in [0.05, 0.1) is 16.3 Å². The van der Waals surface area contributed by atoms with Crippen LogP contribution in [0.15, 0.2) is 12.1 Å². The first-order valence-electron chi connectivity index (χ1n) is 3.14. The number of hydrogen-bond acceptors (Lipinski definition) is 1. The first-order valence-corrected chi connectivity index (χ1v) is 3.52. The monoisotopic (exact) mass is 213 g/mol. The zero-order valence-electron chi connectivity index (χ0n) is 6.12. The molecule has 13 heavy (non-hydrogen) atoms. The van der Waals surface area contributed by atoms with Crippen LogP contribution >= 0.6 is 11.6 Å². The highest BCUT2D eigenvalue weighted by Crippen LogP contribution is 2.34. The summed E-state index contributed by atoms with van der Waals surface area (Å²) >= 11 is 5.30. The number of rotatable bonds is 0. The van der Waals surface area contributed by atoms with E-state index in [0.29, 0.717) is 12.1 Å². The minimum atomic E-state index is -4.75. The fraction of sp³-hybridized carbons (Fsp3) is 0.143. The van der Waals surface area contributed by atoms with Crippen LogP contribution in [0, 0.1) is 5.82 Å². The molecular weight excluding hydrogens is 210 g/mol. The molecule has 0 heterocycles. The summed E-state index contributed by atoms with van der Waals surface area (Å²) < 4.78 is 48.7. The van der Waals surface area contributed by atoms with Gasteiger partial charge in [-0.3, -0.25) is 0 Å². The van der Waals surface area contributed by atoms with Crippen molar-refractivity contribution in [2.45, 2.75) is 6.18 Å². The van der Waals surface area contributed by atoms with E-state index in [0.717, 1.165) is 0 Å². The van der Waals surface area contributed by atoms with E-state index in [1.54, 1.807) is 0 Å². The predicted octanol–water partition coefficient (Wildman–Crippen LogP) is 3.08. The summed E-state index contributed by atoms with van der Waals surface area (Å²) in [5.74, 6) is -1.42. The van der Waals surface area contributed by atoms with Gasteiger partial charge in [-0.15, -0.1) is 0 Å². The van der Waals surface area contributed by atoms with E-state index in [9.17, 15) is 17.6 Å². The third-order valence-electron chi connectivity index (χ3n) is 1.39. The van der Waals surface area contributed by atoms with Gasteiger partial charge in [-0.25, -0.2) is 4.39 Å². The molecule has 0 aliphatic carbocycles. The van der Waals surface area contributed by atoms with Crippen molar-refractivity contribution in [3.63, 3.8) is 0 Å². The summed E-state index contributed by atoms with van der Waals surface area (Å²) in [6, 6.07) is 1.01. The fourth-order valence-corrected chi connectivity index (χ4v) is 0.943. The summed E-state index contributed by atoms with van der Waals surface area (Å²) in [4.78, 5) is 0. The van der Waals surface area contributed by atoms with Crippen LogP contribution in [0.25, 0.3) is 0 Å². The highest BCUT2D eigenvalue weighted by Gasteiger charge is 2.34. The minimum Gasteiger partial charge on any atom is -0.397 e. The molecule has 6 heteroatoms. The van der Waals surface area contributed by atoms with Crippen molar-refractivity contribution < 1.29 is 17.6 Å². The van der Waals surface area contributed by atoms with Crippen molar-refractivity contribution in [2.24, 2.45) is 0 Å². The van der Waals surface area contributed by atoms with Gasteiger partial charge < -0.3 is 5.73 Å². The number of hydrogen-bond donors (Lipinski definition) is 1. The Hall–Kier alpha value is -0.970. The van der Waals surface area contributed by atoms with E-state index in [1.807, 2.05) is 0 Å². The first kappa shape index (κ1) is 10.1. The van der Waals surface area contributed by atoms with Crippen LogP contribution in [0.1, 0.15) is 5.56 Å². The van der Waals surface area contributed by atoms with Crippen LogP contribution in [-0.4, -0.2) is 0 Å². The Bertz CT molecular complexity index is 334. The van der Waals surface area contributed by atoms with Gasteiger partial charge in [0.1, 0.15) is 5.82 Å². The van der Waals surface area contributed by atoms with Crippen molar-refractivity contribution in [1.29, 1.82) is 0 Å². The molecule has 0 atom stereocenters. The predicted molar refractivity (Wildman–Crippen MR) is 40.8 cm³/mol. The van der Waals surface area contributed by atoms with Crippen LogP contribution < -0.4 is 5.73 Å². The van der Waals surface area contributed by atoms with Gasteiger partial charge in [0, 0.05) is 0 Å². The zero-order chi connectivity index (χ0) is 10.2. The van der Waals surface area contributed by atoms with Crippen LogP contribution in [0.5, 0.6) is 0 Å². The fourth-order valence-electron chi connectivity index (χ4n) is 0.779. The molecule has 0 saturated carbocycles. The van der Waals surface area contributed by atoms with Crippen molar-refractivity contribution >= 4 is 17.3 Å². The number of nitrogen functional groups attached to an aromatic ring is 1. The summed E-state index contributed by atoms with van der Waals surface area (Å²) in [6.45, 7) is 0. The molecule has 1 nitrogen and oxygen atoms in total. The molecule has 0 unspecified atom stereocenters. The maximum absolute atomic E-state index is 12.7. The lowest BCUT2D eigenvalue weighted by molar-refractivity contribution is -0.139. The Morgan fingerprint density at radius 1 is 1.23 bits per heavy atom. The molecule has 1 rings (SSSR count). The molecule has 0 amide bonds. The molecule has 0 spiro atoms. The van der Waals surface area contributed by atoms with Gasteiger partial charge in [0.2, 0.25) is 0 Å². The second kappa shape index (κ2) is 3.06. The maximum atomic E-state index is 12.7. The summed E-state index contributed by atoms with van der Waals surface area (Å²) in [7, 11) is 0. The number of halogens is 5. The zero-order valence-corrected chi connectivity index (χ0v) is 6.88. The average Bonchev–Trinajstić information content (AvgIpc) is 1.94. The Kier molecular flexibility index (Phi) is 2.38. The van der Waals surface area contributed by atoms with E-state index >= 15 is 0 Å². The van der Waals surface area contributed by atoms with Gasteiger partial charge in [0.25, 0.3) is 0 Å². The Labute approximate surface area is 76.1 Å². The highest BCUT2D eigenvalue weighted by atomic mass is 35.5. The highest BCUT2D eigenvalue weighted by molar-refractivity contribution is 6.33. The third-order valence-corrected chi connectivity index (χ3v) is 1.72. The molecular formula is C7H4ClF4N. The quantitative estimate of drug-likeness (QED) is 0.520. The lowest BCUT2D eigenvalue weighted by Crippen LogP contribution is -2.08. The molecule has 0 aliphatic rings. The Balaban J connectivity index is 3.32. The second-order valence-corrected chi connectivity index (χ2v) is 2.76. The topological polar surface area (TPSA) is 26.0 Å². The molecule has 1 aromatic carbocycles. The van der Waals surface area contributed by atoms with Crippen LogP contribution in [-0.2, 0) is 6.18 Å². The molecule has 72 valence electrons. The minimum absolute atomic E-state index is 0.216. The molecule has 0 radical (unpaired) electrons. The van der Waals surface area contributed by atoms with Gasteiger partial charge in [-0.2, -0.15) is 13.2 Å². The lowest BCUT2D eigenvalue weighted by Gasteiger charge is -2.09. The van der Waals surface area contributed by atoms with E-state index in [-0.39, 0.29) is 10.7 Å². The standard InChI is InChI=1S/C7H4ClF4N/c8-4-1-3(7(10,11)12)5(9)2-6(4)13/h1-2H,13H2. The van der Waals surface area contributed by atoms with Crippen LogP contribution in [0.2, 0.25) is 5.02 Å².